The van der Waals surface area contributed by atoms with Crippen LogP contribution >= 0.6 is 0 Å². The molecule has 8 heavy (non-hydrogen) atoms. The van der Waals surface area contributed by atoms with Gasteiger partial charge in [0.1, 0.15) is 6.73 Å². The number of hydrogen-bond donors (Lipinski definition) is 3. The number of hydrogen-bond acceptors (Lipinski definition) is 2. The van der Waals surface area contributed by atoms with Gasteiger partial charge < -0.3 is 16.2 Å². The van der Waals surface area contributed by atoms with Crippen molar-refractivity contribution in [1.82, 2.24) is 5.32 Å². The van der Waals surface area contributed by atoms with Crippen LogP contribution in [0.25, 0.3) is 0 Å². The van der Waals surface area contributed by atoms with Crippen LogP contribution < -0.4 is 11.1 Å². The molecule has 0 saturated carbocycles. The van der Waals surface area contributed by atoms with Crippen LogP contribution in [-0.2, 0) is 0 Å². The average molecular weight is 117 g/mol. The predicted molar refractivity (Wildman–Crippen MR) is 32.4 cm³/mol. The minimum Gasteiger partial charge on any atom is -0.374 e. The maximum Gasteiger partial charge on any atom is 0.190 e. The fourth-order valence-corrected chi connectivity index (χ4v) is 0.313. The van der Waals surface area contributed by atoms with Crippen molar-refractivity contribution in [2.24, 2.45) is 10.7 Å². The van der Waals surface area contributed by atoms with Crippen molar-refractivity contribution in [1.29, 1.82) is 0 Å². The molecule has 0 radical (unpaired) electrons. The molecule has 0 amide bonds. The van der Waals surface area contributed by atoms with Crippen LogP contribution in [0.1, 0.15) is 6.92 Å². The van der Waals surface area contributed by atoms with Crippen molar-refractivity contribution >= 4 is 5.96 Å². The topological polar surface area (TPSA) is 70.6 Å². The van der Waals surface area contributed by atoms with Crippen molar-refractivity contribution in [3.63, 3.8) is 0 Å². The second-order valence-electron chi connectivity index (χ2n) is 1.22. The van der Waals surface area contributed by atoms with Gasteiger partial charge in [-0.05, 0) is 6.92 Å². The third kappa shape index (κ3) is 3.42. The first-order valence-electron chi connectivity index (χ1n) is 2.46. The van der Waals surface area contributed by atoms with Gasteiger partial charge >= 0.3 is 0 Å². The highest BCUT2D eigenvalue weighted by molar-refractivity contribution is 5.77. The molecular weight excluding hydrogens is 106 g/mol. The van der Waals surface area contributed by atoms with Crippen LogP contribution in [0.2, 0.25) is 0 Å². The van der Waals surface area contributed by atoms with E-state index in [1.807, 2.05) is 6.92 Å². The molecule has 0 aromatic heterocycles. The summed E-state index contributed by atoms with van der Waals surface area (Å²) in [5.74, 6) is 0.287. The monoisotopic (exact) mass is 117 g/mol. The predicted octanol–water partition coefficient (Wildman–Crippen LogP) is -1.14. The summed E-state index contributed by atoms with van der Waals surface area (Å²) in [7, 11) is 0. The molecule has 0 aromatic carbocycles. The van der Waals surface area contributed by atoms with Gasteiger partial charge in [-0.1, -0.05) is 0 Å². The zero-order chi connectivity index (χ0) is 6.41. The Balaban J connectivity index is 3.29. The van der Waals surface area contributed by atoms with Crippen molar-refractivity contribution in [3.8, 4) is 0 Å². The normalized spacial score (nSPS) is 11.5. The van der Waals surface area contributed by atoms with E-state index in [2.05, 4.69) is 10.3 Å². The number of nitrogens with two attached hydrogens (primary N) is 1. The Morgan fingerprint density at radius 1 is 1.88 bits per heavy atom. The van der Waals surface area contributed by atoms with Gasteiger partial charge in [0.15, 0.2) is 5.96 Å². The molecular formula is C4H11N3O. The van der Waals surface area contributed by atoms with Crippen LogP contribution in [0.15, 0.2) is 4.99 Å². The first-order chi connectivity index (χ1) is 3.81. The highest BCUT2D eigenvalue weighted by Gasteiger charge is 1.81. The fraction of sp³-hybridized carbons (Fsp3) is 0.750. The number of aliphatic hydroxyl groups excluding tert-OH is 1. The minimum absolute atomic E-state index is 0.251. The van der Waals surface area contributed by atoms with Gasteiger partial charge in [-0.3, -0.25) is 0 Å². The third-order valence-corrected chi connectivity index (χ3v) is 0.599. The summed E-state index contributed by atoms with van der Waals surface area (Å²) >= 11 is 0. The van der Waals surface area contributed by atoms with E-state index in [4.69, 9.17) is 10.8 Å². The fourth-order valence-electron chi connectivity index (χ4n) is 0.313. The maximum atomic E-state index is 8.16. The summed E-state index contributed by atoms with van der Waals surface area (Å²) in [6.45, 7) is 2.38. The standard InChI is InChI=1S/C4H11N3O/c1-2-6-4(5)7-3-8/h8H,2-3H2,1H3,(H3,5,6,7). The molecule has 0 saturated heterocycles. The molecule has 0 fully saturated rings. The Labute approximate surface area is 48.4 Å². The molecule has 0 atom stereocenters. The van der Waals surface area contributed by atoms with E-state index < -0.39 is 0 Å². The summed E-state index contributed by atoms with van der Waals surface area (Å²) < 4.78 is 0. The van der Waals surface area contributed by atoms with Crippen LogP contribution in [0.3, 0.4) is 0 Å². The molecule has 0 rings (SSSR count). The van der Waals surface area contributed by atoms with Gasteiger partial charge in [-0.25, -0.2) is 4.99 Å². The van der Waals surface area contributed by atoms with E-state index >= 15 is 0 Å². The van der Waals surface area contributed by atoms with Crippen LogP contribution in [0, 0.1) is 0 Å². The molecule has 4 nitrogen and oxygen atoms in total. The number of nitrogens with zero attached hydrogens (tertiary/aromatic N) is 1. The van der Waals surface area contributed by atoms with E-state index in [1.54, 1.807) is 0 Å². The van der Waals surface area contributed by atoms with Crippen molar-refractivity contribution in [2.45, 2.75) is 6.92 Å². The zero-order valence-corrected chi connectivity index (χ0v) is 4.89. The first-order valence-corrected chi connectivity index (χ1v) is 2.46. The molecule has 48 valence electrons. The lowest BCUT2D eigenvalue weighted by Crippen LogP contribution is -2.31. The zero-order valence-electron chi connectivity index (χ0n) is 4.89. The van der Waals surface area contributed by atoms with Gasteiger partial charge in [0.25, 0.3) is 0 Å². The molecule has 0 aliphatic heterocycles. The Morgan fingerprint density at radius 2 is 2.50 bits per heavy atom. The molecule has 0 unspecified atom stereocenters. The Bertz CT molecular complexity index is 81.4. The number of rotatable bonds is 2. The molecule has 4 N–H and O–H groups in total. The Morgan fingerprint density at radius 3 is 2.88 bits per heavy atom. The first kappa shape index (κ1) is 7.23. The SMILES string of the molecule is CCNC(N)=NCO. The van der Waals surface area contributed by atoms with Crippen LogP contribution in [-0.4, -0.2) is 24.3 Å². The quantitative estimate of drug-likeness (QED) is 0.316. The largest absolute Gasteiger partial charge is 0.374 e. The highest BCUT2D eigenvalue weighted by atomic mass is 16.3. The summed E-state index contributed by atoms with van der Waals surface area (Å²) in [4.78, 5) is 3.45. The number of aliphatic imine (C=N–C) groups is 1. The Kier molecular flexibility index (Phi) is 3.97. The lowest BCUT2D eigenvalue weighted by atomic mass is 10.7. The second-order valence-corrected chi connectivity index (χ2v) is 1.22. The van der Waals surface area contributed by atoms with Crippen LogP contribution in [0.4, 0.5) is 0 Å². The molecule has 0 spiro atoms. The molecule has 0 heterocycles. The molecule has 0 aliphatic rings. The lowest BCUT2D eigenvalue weighted by molar-refractivity contribution is 0.308. The van der Waals surface area contributed by atoms with E-state index in [0.717, 1.165) is 6.54 Å². The molecule has 0 aliphatic carbocycles. The van der Waals surface area contributed by atoms with Crippen LogP contribution in [0.5, 0.6) is 0 Å². The summed E-state index contributed by atoms with van der Waals surface area (Å²) in [6, 6.07) is 0. The van der Waals surface area contributed by atoms with Gasteiger partial charge in [0.2, 0.25) is 0 Å². The van der Waals surface area contributed by atoms with Crippen molar-refractivity contribution in [3.05, 3.63) is 0 Å². The van der Waals surface area contributed by atoms with Gasteiger partial charge in [-0.15, -0.1) is 0 Å². The average Bonchev–Trinajstić information content (AvgIpc) is 1.68. The van der Waals surface area contributed by atoms with Gasteiger partial charge in [-0.2, -0.15) is 0 Å². The van der Waals surface area contributed by atoms with E-state index in [0.29, 0.717) is 0 Å². The third-order valence-electron chi connectivity index (χ3n) is 0.599. The van der Waals surface area contributed by atoms with E-state index in [-0.39, 0.29) is 12.7 Å². The smallest absolute Gasteiger partial charge is 0.190 e. The molecule has 0 aromatic rings. The Hall–Kier alpha value is -0.770. The molecule has 0 bridgehead atoms. The second kappa shape index (κ2) is 4.39. The summed E-state index contributed by atoms with van der Waals surface area (Å²) in [5.41, 5.74) is 5.17. The number of aliphatic hydroxyl groups is 1. The maximum absolute atomic E-state index is 8.16. The minimum atomic E-state index is -0.251. The van der Waals surface area contributed by atoms with E-state index in [1.165, 1.54) is 0 Å². The van der Waals surface area contributed by atoms with Crippen molar-refractivity contribution in [2.75, 3.05) is 13.3 Å². The number of guanidine groups is 1. The van der Waals surface area contributed by atoms with E-state index in [9.17, 15) is 0 Å². The molecule has 4 heteroatoms. The lowest BCUT2D eigenvalue weighted by Gasteiger charge is -1.97. The van der Waals surface area contributed by atoms with Gasteiger partial charge in [0, 0.05) is 6.54 Å². The summed E-state index contributed by atoms with van der Waals surface area (Å²) in [5, 5.41) is 10.9. The van der Waals surface area contributed by atoms with Crippen molar-refractivity contribution < 1.29 is 5.11 Å². The van der Waals surface area contributed by atoms with Gasteiger partial charge in [0.05, 0.1) is 0 Å². The highest BCUT2D eigenvalue weighted by Crippen LogP contribution is 1.60. The number of nitrogens with one attached hydrogen (secondary N) is 1. The summed E-state index contributed by atoms with van der Waals surface area (Å²) in [6.07, 6.45) is 0.